The van der Waals surface area contributed by atoms with Gasteiger partial charge >= 0.3 is 6.09 Å². The zero-order valence-electron chi connectivity index (χ0n) is 25.3. The number of ether oxygens (including phenoxy) is 2. The highest BCUT2D eigenvalue weighted by Crippen LogP contribution is 2.43. The van der Waals surface area contributed by atoms with Gasteiger partial charge in [0.1, 0.15) is 5.60 Å². The minimum absolute atomic E-state index is 0.0596. The molecule has 0 radical (unpaired) electrons. The summed E-state index contributed by atoms with van der Waals surface area (Å²) in [5.41, 5.74) is 2.29. The number of pyridine rings is 1. The number of carbonyl (C=O) groups is 2. The Bertz CT molecular complexity index is 1020. The van der Waals surface area contributed by atoms with Crippen LogP contribution in [-0.4, -0.2) is 95.3 Å². The van der Waals surface area contributed by atoms with Gasteiger partial charge in [-0.3, -0.25) is 14.7 Å². The number of hydrogen-bond donors (Lipinski definition) is 0. The fourth-order valence-corrected chi connectivity index (χ4v) is 7.64. The van der Waals surface area contributed by atoms with Crippen LogP contribution in [0, 0.1) is 25.7 Å². The molecule has 4 aliphatic heterocycles. The lowest BCUT2D eigenvalue weighted by atomic mass is 9.74. The molecule has 40 heavy (non-hydrogen) atoms. The maximum Gasteiger partial charge on any atom is 0.410 e. The standard InChI is InChI=1S/C32H50N4O4/c1-5-6-7-27-23-35(22-26-9-20-39-21-10-26)30(38)40-32(27)13-18-36(19-14-32)31(4)11-16-34(17-12-31)29(37)28-24(2)8-15-33-25(28)3/h8,15,26-27H,5-7,9-14,16-23H2,1-4H3/t27-/m0/s1. The van der Waals surface area contributed by atoms with E-state index in [0.29, 0.717) is 11.8 Å². The molecule has 0 aliphatic carbocycles. The number of unbranched alkanes of at least 4 members (excludes halogenated alkanes) is 1. The molecule has 0 bridgehead atoms. The summed E-state index contributed by atoms with van der Waals surface area (Å²) in [5, 5.41) is 0. The van der Waals surface area contributed by atoms with E-state index in [1.54, 1.807) is 6.20 Å². The average molecular weight is 555 g/mol. The van der Waals surface area contributed by atoms with Crippen molar-refractivity contribution in [2.45, 2.75) is 96.6 Å². The Morgan fingerprint density at radius 2 is 1.77 bits per heavy atom. The van der Waals surface area contributed by atoms with Crippen LogP contribution in [0.15, 0.2) is 12.3 Å². The van der Waals surface area contributed by atoms with Crippen LogP contribution in [0.2, 0.25) is 0 Å². The summed E-state index contributed by atoms with van der Waals surface area (Å²) in [6, 6.07) is 1.92. The van der Waals surface area contributed by atoms with Crippen molar-refractivity contribution in [3.8, 4) is 0 Å². The van der Waals surface area contributed by atoms with Gasteiger partial charge < -0.3 is 19.3 Å². The molecule has 1 aromatic rings. The molecule has 0 aromatic carbocycles. The van der Waals surface area contributed by atoms with Gasteiger partial charge in [0, 0.05) is 83.0 Å². The van der Waals surface area contributed by atoms with Crippen LogP contribution in [0.5, 0.6) is 0 Å². The second kappa shape index (κ2) is 12.4. The van der Waals surface area contributed by atoms with Gasteiger partial charge in [-0.1, -0.05) is 19.8 Å². The fourth-order valence-electron chi connectivity index (χ4n) is 7.64. The molecule has 1 spiro atoms. The van der Waals surface area contributed by atoms with Gasteiger partial charge in [0.2, 0.25) is 0 Å². The van der Waals surface area contributed by atoms with Crippen LogP contribution in [-0.2, 0) is 9.47 Å². The molecule has 0 N–H and O–H groups in total. The zero-order valence-corrected chi connectivity index (χ0v) is 25.3. The van der Waals surface area contributed by atoms with Gasteiger partial charge in [0.25, 0.3) is 5.91 Å². The van der Waals surface area contributed by atoms with Gasteiger partial charge in [-0.15, -0.1) is 0 Å². The Labute approximate surface area is 240 Å². The highest BCUT2D eigenvalue weighted by Gasteiger charge is 2.51. The minimum atomic E-state index is -0.336. The first kappa shape index (κ1) is 29.3. The predicted molar refractivity (Wildman–Crippen MR) is 155 cm³/mol. The molecule has 0 unspecified atom stereocenters. The van der Waals surface area contributed by atoms with E-state index < -0.39 is 0 Å². The van der Waals surface area contributed by atoms with Crippen LogP contribution in [0.25, 0.3) is 0 Å². The van der Waals surface area contributed by atoms with Crippen molar-refractivity contribution in [3.05, 3.63) is 29.1 Å². The highest BCUT2D eigenvalue weighted by atomic mass is 16.6. The molecule has 8 nitrogen and oxygen atoms in total. The van der Waals surface area contributed by atoms with Gasteiger partial charge in [0.05, 0.1) is 11.3 Å². The third-order valence-electron chi connectivity index (χ3n) is 10.5. The number of carbonyl (C=O) groups excluding carboxylic acids is 2. The quantitative estimate of drug-likeness (QED) is 0.461. The maximum atomic E-state index is 13.4. The van der Waals surface area contributed by atoms with Crippen LogP contribution in [0.1, 0.15) is 93.3 Å². The van der Waals surface area contributed by atoms with Crippen LogP contribution in [0.3, 0.4) is 0 Å². The van der Waals surface area contributed by atoms with E-state index in [0.717, 1.165) is 121 Å². The number of nitrogens with zero attached hydrogens (tertiary/aromatic N) is 4. The Morgan fingerprint density at radius 1 is 1.07 bits per heavy atom. The fraction of sp³-hybridized carbons (Fsp3) is 0.781. The molecule has 222 valence electrons. The highest BCUT2D eigenvalue weighted by molar-refractivity contribution is 5.96. The molecule has 4 aliphatic rings. The van der Waals surface area contributed by atoms with Crippen molar-refractivity contribution in [2.24, 2.45) is 11.8 Å². The normalized spacial score (nSPS) is 25.7. The molecule has 4 saturated heterocycles. The SMILES string of the molecule is CCCC[C@H]1CN(CC2CCOCC2)C(=O)OC12CCN(C1(C)CCN(C(=O)c3c(C)ccnc3C)CC1)CC2. The number of piperidine rings is 2. The van der Waals surface area contributed by atoms with E-state index in [1.807, 2.05) is 29.7 Å². The van der Waals surface area contributed by atoms with Crippen LogP contribution in [0.4, 0.5) is 4.79 Å². The van der Waals surface area contributed by atoms with Crippen molar-refractivity contribution in [1.82, 2.24) is 19.7 Å². The van der Waals surface area contributed by atoms with E-state index in [2.05, 4.69) is 23.7 Å². The molecular formula is C32H50N4O4. The summed E-state index contributed by atoms with van der Waals surface area (Å²) < 4.78 is 12.0. The lowest BCUT2D eigenvalue weighted by Gasteiger charge is -2.55. The minimum Gasteiger partial charge on any atom is -0.442 e. The molecule has 4 fully saturated rings. The van der Waals surface area contributed by atoms with Crippen LogP contribution < -0.4 is 0 Å². The molecule has 0 saturated carbocycles. The van der Waals surface area contributed by atoms with Crippen molar-refractivity contribution >= 4 is 12.0 Å². The first-order chi connectivity index (χ1) is 19.2. The summed E-state index contributed by atoms with van der Waals surface area (Å²) in [5.74, 6) is 1.03. The van der Waals surface area contributed by atoms with Gasteiger partial charge in [-0.2, -0.15) is 0 Å². The predicted octanol–water partition coefficient (Wildman–Crippen LogP) is 5.21. The van der Waals surface area contributed by atoms with E-state index in [1.165, 1.54) is 6.42 Å². The monoisotopic (exact) mass is 554 g/mol. The number of likely N-dealkylation sites (tertiary alicyclic amines) is 2. The smallest absolute Gasteiger partial charge is 0.410 e. The Hall–Kier alpha value is -2.19. The largest absolute Gasteiger partial charge is 0.442 e. The van der Waals surface area contributed by atoms with Crippen molar-refractivity contribution in [1.29, 1.82) is 0 Å². The molecule has 1 atom stereocenters. The maximum absolute atomic E-state index is 13.4. The summed E-state index contributed by atoms with van der Waals surface area (Å²) in [6.45, 7) is 15.2. The molecule has 2 amide bonds. The number of aromatic nitrogens is 1. The second-order valence-corrected chi connectivity index (χ2v) is 13.1. The third kappa shape index (κ3) is 6.03. The average Bonchev–Trinajstić information content (AvgIpc) is 2.95. The van der Waals surface area contributed by atoms with E-state index in [4.69, 9.17) is 9.47 Å². The summed E-state index contributed by atoms with van der Waals surface area (Å²) in [7, 11) is 0. The summed E-state index contributed by atoms with van der Waals surface area (Å²) in [4.78, 5) is 37.6. The Morgan fingerprint density at radius 3 is 2.42 bits per heavy atom. The van der Waals surface area contributed by atoms with Gasteiger partial charge in [0.15, 0.2) is 0 Å². The Kier molecular flexibility index (Phi) is 9.05. The van der Waals surface area contributed by atoms with Gasteiger partial charge in [-0.25, -0.2) is 4.79 Å². The van der Waals surface area contributed by atoms with Crippen molar-refractivity contribution in [2.75, 3.05) is 52.5 Å². The van der Waals surface area contributed by atoms with Gasteiger partial charge in [-0.05, 0) is 70.4 Å². The van der Waals surface area contributed by atoms with Crippen LogP contribution >= 0.6 is 0 Å². The molecular weight excluding hydrogens is 504 g/mol. The molecule has 1 aromatic heterocycles. The number of hydrogen-bond acceptors (Lipinski definition) is 6. The molecule has 8 heteroatoms. The first-order valence-corrected chi connectivity index (χ1v) is 15.8. The lowest BCUT2D eigenvalue weighted by Crippen LogP contribution is -2.64. The summed E-state index contributed by atoms with van der Waals surface area (Å²) >= 11 is 0. The number of rotatable bonds is 7. The topological polar surface area (TPSA) is 75.2 Å². The first-order valence-electron chi connectivity index (χ1n) is 15.8. The van der Waals surface area contributed by atoms with E-state index >= 15 is 0 Å². The third-order valence-corrected chi connectivity index (χ3v) is 10.5. The van der Waals surface area contributed by atoms with Crippen molar-refractivity contribution in [3.63, 3.8) is 0 Å². The second-order valence-electron chi connectivity index (χ2n) is 13.1. The van der Waals surface area contributed by atoms with E-state index in [9.17, 15) is 9.59 Å². The lowest BCUT2D eigenvalue weighted by molar-refractivity contribution is -0.135. The molecule has 5 heterocycles. The zero-order chi connectivity index (χ0) is 28.3. The van der Waals surface area contributed by atoms with E-state index in [-0.39, 0.29) is 23.1 Å². The molecule has 5 rings (SSSR count). The summed E-state index contributed by atoms with van der Waals surface area (Å²) in [6.07, 6.45) is 10.9. The number of amides is 2. The number of aryl methyl sites for hydroxylation is 2. The Balaban J connectivity index is 1.19. The van der Waals surface area contributed by atoms with Crippen molar-refractivity contribution < 1.29 is 19.1 Å².